The van der Waals surface area contributed by atoms with E-state index < -0.39 is 4.92 Å². The van der Waals surface area contributed by atoms with E-state index in [1.165, 1.54) is 6.07 Å². The van der Waals surface area contributed by atoms with E-state index in [4.69, 9.17) is 4.74 Å². The number of amides is 1. The number of fused-ring (bicyclic) bond motifs is 1. The van der Waals surface area contributed by atoms with Crippen LogP contribution >= 0.6 is 0 Å². The number of morpholine rings is 1. The minimum Gasteiger partial charge on any atom is -0.378 e. The Kier molecular flexibility index (Phi) is 5.63. The van der Waals surface area contributed by atoms with Crippen LogP contribution in [0.15, 0.2) is 60.7 Å². The minimum atomic E-state index is -0.453. The third-order valence-corrected chi connectivity index (χ3v) is 5.39. The highest BCUT2D eigenvalue weighted by Crippen LogP contribution is 2.30. The van der Waals surface area contributed by atoms with Crippen LogP contribution in [0.2, 0.25) is 0 Å². The lowest BCUT2D eigenvalue weighted by Gasteiger charge is -2.27. The van der Waals surface area contributed by atoms with Gasteiger partial charge in [-0.3, -0.25) is 14.9 Å². The molecule has 7 nitrogen and oxygen atoms in total. The first-order valence-electron chi connectivity index (χ1n) is 9.93. The standard InChI is InChI=1S/C23H23N3O4/c1-16(18-7-6-17-4-2-3-5-19(17)14-18)24-21-9-8-20(15-22(21)26(28)29)23(27)25-10-12-30-13-11-25/h2-9,14-16,24H,10-13H2,1H3/t16-/m1/s1. The van der Waals surface area contributed by atoms with Gasteiger partial charge in [0.15, 0.2) is 0 Å². The number of nitro benzene ring substituents is 1. The zero-order chi connectivity index (χ0) is 21.1. The Labute approximate surface area is 174 Å². The van der Waals surface area contributed by atoms with Crippen molar-refractivity contribution in [2.45, 2.75) is 13.0 Å². The zero-order valence-corrected chi connectivity index (χ0v) is 16.7. The van der Waals surface area contributed by atoms with Crippen molar-refractivity contribution in [1.82, 2.24) is 4.90 Å². The molecule has 0 aromatic heterocycles. The van der Waals surface area contributed by atoms with Crippen LogP contribution in [0.3, 0.4) is 0 Å². The maximum Gasteiger partial charge on any atom is 0.293 e. The largest absolute Gasteiger partial charge is 0.378 e. The molecule has 0 bridgehead atoms. The average molecular weight is 405 g/mol. The Balaban J connectivity index is 1.58. The second-order valence-electron chi connectivity index (χ2n) is 7.37. The van der Waals surface area contributed by atoms with Gasteiger partial charge >= 0.3 is 0 Å². The van der Waals surface area contributed by atoms with Gasteiger partial charge < -0.3 is 15.0 Å². The molecule has 4 rings (SSSR count). The molecule has 1 aliphatic heterocycles. The Bertz CT molecular complexity index is 1090. The Morgan fingerprint density at radius 1 is 1.07 bits per heavy atom. The number of anilines is 1. The fourth-order valence-corrected chi connectivity index (χ4v) is 3.68. The normalized spacial score (nSPS) is 15.0. The van der Waals surface area contributed by atoms with E-state index in [0.717, 1.165) is 16.3 Å². The van der Waals surface area contributed by atoms with Crippen molar-refractivity contribution < 1.29 is 14.5 Å². The highest BCUT2D eigenvalue weighted by molar-refractivity contribution is 5.96. The van der Waals surface area contributed by atoms with E-state index in [1.54, 1.807) is 17.0 Å². The van der Waals surface area contributed by atoms with Gasteiger partial charge in [0.2, 0.25) is 0 Å². The Hall–Kier alpha value is -3.45. The van der Waals surface area contributed by atoms with Crippen molar-refractivity contribution in [2.75, 3.05) is 31.6 Å². The number of nitrogens with one attached hydrogen (secondary N) is 1. The highest BCUT2D eigenvalue weighted by Gasteiger charge is 2.23. The summed E-state index contributed by atoms with van der Waals surface area (Å²) in [5.41, 5.74) is 1.62. The molecule has 1 aliphatic rings. The first kappa shape index (κ1) is 19.8. The average Bonchev–Trinajstić information content (AvgIpc) is 2.79. The van der Waals surface area contributed by atoms with Crippen molar-refractivity contribution in [3.63, 3.8) is 0 Å². The van der Waals surface area contributed by atoms with Crippen LogP contribution in [0.4, 0.5) is 11.4 Å². The SMILES string of the molecule is C[C@@H](Nc1ccc(C(=O)N2CCOCC2)cc1[N+](=O)[O-])c1ccc2ccccc2c1. The van der Waals surface area contributed by atoms with Crippen molar-refractivity contribution in [2.24, 2.45) is 0 Å². The molecule has 154 valence electrons. The third-order valence-electron chi connectivity index (χ3n) is 5.39. The topological polar surface area (TPSA) is 84.7 Å². The van der Waals surface area contributed by atoms with Crippen molar-refractivity contribution in [1.29, 1.82) is 0 Å². The molecule has 0 spiro atoms. The fourth-order valence-electron chi connectivity index (χ4n) is 3.68. The molecule has 1 N–H and O–H groups in total. The number of carbonyl (C=O) groups is 1. The fraction of sp³-hybridized carbons (Fsp3) is 0.261. The maximum absolute atomic E-state index is 12.7. The third kappa shape index (κ3) is 4.11. The Morgan fingerprint density at radius 3 is 2.53 bits per heavy atom. The number of nitro groups is 1. The van der Waals surface area contributed by atoms with Crippen LogP contribution in [0.25, 0.3) is 10.8 Å². The summed E-state index contributed by atoms with van der Waals surface area (Å²) in [6.07, 6.45) is 0. The van der Waals surface area contributed by atoms with Gasteiger partial charge in [0.05, 0.1) is 18.1 Å². The second-order valence-corrected chi connectivity index (χ2v) is 7.37. The molecule has 1 fully saturated rings. The minimum absolute atomic E-state index is 0.109. The summed E-state index contributed by atoms with van der Waals surface area (Å²) in [4.78, 5) is 25.6. The summed E-state index contributed by atoms with van der Waals surface area (Å²) in [5, 5.41) is 17.2. The van der Waals surface area contributed by atoms with Gasteiger partial charge in [-0.2, -0.15) is 0 Å². The number of hydrogen-bond donors (Lipinski definition) is 1. The molecular weight excluding hydrogens is 382 g/mol. The van der Waals surface area contributed by atoms with Crippen LogP contribution < -0.4 is 5.32 Å². The summed E-state index contributed by atoms with van der Waals surface area (Å²) >= 11 is 0. The van der Waals surface area contributed by atoms with Gasteiger partial charge in [-0.05, 0) is 41.5 Å². The van der Waals surface area contributed by atoms with E-state index in [2.05, 4.69) is 11.4 Å². The second kappa shape index (κ2) is 8.51. The van der Waals surface area contributed by atoms with Gasteiger partial charge in [0.25, 0.3) is 11.6 Å². The van der Waals surface area contributed by atoms with Crippen LogP contribution in [-0.4, -0.2) is 42.0 Å². The van der Waals surface area contributed by atoms with E-state index >= 15 is 0 Å². The number of carbonyl (C=O) groups excluding carboxylic acids is 1. The van der Waals surface area contributed by atoms with E-state index in [0.29, 0.717) is 37.6 Å². The zero-order valence-electron chi connectivity index (χ0n) is 16.7. The molecule has 0 aliphatic carbocycles. The molecule has 1 saturated heterocycles. The van der Waals surface area contributed by atoms with Crippen LogP contribution in [0.5, 0.6) is 0 Å². The lowest BCUT2D eigenvalue weighted by atomic mass is 10.0. The van der Waals surface area contributed by atoms with Gasteiger partial charge in [0, 0.05) is 30.8 Å². The molecule has 7 heteroatoms. The van der Waals surface area contributed by atoms with Gasteiger partial charge in [-0.25, -0.2) is 0 Å². The van der Waals surface area contributed by atoms with Crippen LogP contribution in [0.1, 0.15) is 28.9 Å². The van der Waals surface area contributed by atoms with Crippen molar-refractivity contribution >= 4 is 28.1 Å². The first-order chi connectivity index (χ1) is 14.5. The smallest absolute Gasteiger partial charge is 0.293 e. The van der Waals surface area contributed by atoms with Gasteiger partial charge in [-0.15, -0.1) is 0 Å². The van der Waals surface area contributed by atoms with Crippen molar-refractivity contribution in [3.8, 4) is 0 Å². The lowest BCUT2D eigenvalue weighted by molar-refractivity contribution is -0.384. The molecule has 3 aromatic carbocycles. The van der Waals surface area contributed by atoms with Gasteiger partial charge in [-0.1, -0.05) is 36.4 Å². The summed E-state index contributed by atoms with van der Waals surface area (Å²) in [7, 11) is 0. The monoisotopic (exact) mass is 405 g/mol. The molecular formula is C23H23N3O4. The van der Waals surface area contributed by atoms with Gasteiger partial charge in [0.1, 0.15) is 5.69 Å². The number of ether oxygens (including phenoxy) is 1. The first-order valence-corrected chi connectivity index (χ1v) is 9.93. The molecule has 1 atom stereocenters. The molecule has 1 heterocycles. The van der Waals surface area contributed by atoms with Crippen LogP contribution in [0, 0.1) is 10.1 Å². The number of hydrogen-bond acceptors (Lipinski definition) is 5. The van der Waals surface area contributed by atoms with E-state index in [-0.39, 0.29) is 17.6 Å². The van der Waals surface area contributed by atoms with E-state index in [9.17, 15) is 14.9 Å². The maximum atomic E-state index is 12.7. The summed E-state index contributed by atoms with van der Waals surface area (Å²) in [6, 6.07) is 18.7. The quantitative estimate of drug-likeness (QED) is 0.503. The van der Waals surface area contributed by atoms with E-state index in [1.807, 2.05) is 43.3 Å². The molecule has 0 saturated carbocycles. The highest BCUT2D eigenvalue weighted by atomic mass is 16.6. The van der Waals surface area contributed by atoms with Crippen molar-refractivity contribution in [3.05, 3.63) is 81.9 Å². The molecule has 0 radical (unpaired) electrons. The summed E-state index contributed by atoms with van der Waals surface area (Å²) < 4.78 is 5.27. The number of nitrogens with zero attached hydrogens (tertiary/aromatic N) is 2. The summed E-state index contributed by atoms with van der Waals surface area (Å²) in [6.45, 7) is 3.91. The summed E-state index contributed by atoms with van der Waals surface area (Å²) in [5.74, 6) is -0.212. The van der Waals surface area contributed by atoms with Crippen LogP contribution in [-0.2, 0) is 4.74 Å². The lowest BCUT2D eigenvalue weighted by Crippen LogP contribution is -2.40. The molecule has 30 heavy (non-hydrogen) atoms. The molecule has 3 aromatic rings. The molecule has 1 amide bonds. The predicted octanol–water partition coefficient (Wildman–Crippen LogP) is 4.39. The number of rotatable bonds is 5. The number of benzene rings is 3. The molecule has 0 unspecified atom stereocenters. The predicted molar refractivity (Wildman–Crippen MR) is 116 cm³/mol. The Morgan fingerprint density at radius 2 is 1.80 bits per heavy atom.